The molecule has 0 heterocycles. The van der Waals surface area contributed by atoms with Gasteiger partial charge in [0.25, 0.3) is 0 Å². The molecule has 0 aliphatic carbocycles. The molecule has 0 radical (unpaired) electrons. The van der Waals surface area contributed by atoms with Gasteiger partial charge in [-0.2, -0.15) is 12.6 Å². The SMILES string of the molecule is CCC(C)C(NC(=O)C(CC(N)=O)NC(=O)C(C)N)C(=O)NC(CS)C(=O)O. The van der Waals surface area contributed by atoms with E-state index in [-0.39, 0.29) is 11.7 Å². The molecule has 160 valence electrons. The molecule has 5 unspecified atom stereocenters. The maximum absolute atomic E-state index is 12.6. The number of hydrogen-bond donors (Lipinski definition) is 7. The zero-order chi connectivity index (χ0) is 22.0. The Hall–Kier alpha value is -2.34. The minimum absolute atomic E-state index is 0.142. The normalized spacial score (nSPS) is 16.0. The van der Waals surface area contributed by atoms with E-state index in [1.165, 1.54) is 6.92 Å². The van der Waals surface area contributed by atoms with Gasteiger partial charge in [-0.1, -0.05) is 20.3 Å². The number of aliphatic carboxylic acids is 1. The summed E-state index contributed by atoms with van der Waals surface area (Å²) in [6, 6.07) is -4.58. The molecule has 0 bridgehead atoms. The number of nitrogens with two attached hydrogens (primary N) is 2. The fraction of sp³-hybridized carbons (Fsp3) is 0.688. The van der Waals surface area contributed by atoms with Crippen LogP contribution in [0.2, 0.25) is 0 Å². The lowest BCUT2D eigenvalue weighted by Crippen LogP contribution is -2.59. The Morgan fingerprint density at radius 1 is 0.964 bits per heavy atom. The average molecular weight is 420 g/mol. The van der Waals surface area contributed by atoms with Gasteiger partial charge in [-0.3, -0.25) is 19.2 Å². The van der Waals surface area contributed by atoms with E-state index >= 15 is 0 Å². The van der Waals surface area contributed by atoms with Crippen molar-refractivity contribution >= 4 is 42.2 Å². The van der Waals surface area contributed by atoms with E-state index in [1.54, 1.807) is 13.8 Å². The van der Waals surface area contributed by atoms with Crippen LogP contribution >= 0.6 is 12.6 Å². The highest BCUT2D eigenvalue weighted by Crippen LogP contribution is 2.09. The molecule has 8 N–H and O–H groups in total. The van der Waals surface area contributed by atoms with Gasteiger partial charge in [0, 0.05) is 5.75 Å². The van der Waals surface area contributed by atoms with Crippen molar-refractivity contribution in [1.82, 2.24) is 16.0 Å². The van der Waals surface area contributed by atoms with Gasteiger partial charge in [-0.05, 0) is 12.8 Å². The van der Waals surface area contributed by atoms with Crippen LogP contribution in [0, 0.1) is 5.92 Å². The zero-order valence-electron chi connectivity index (χ0n) is 16.1. The van der Waals surface area contributed by atoms with Crippen molar-refractivity contribution in [3.63, 3.8) is 0 Å². The molecular weight excluding hydrogens is 390 g/mol. The first-order valence-electron chi connectivity index (χ1n) is 8.73. The molecule has 0 saturated carbocycles. The van der Waals surface area contributed by atoms with Gasteiger partial charge in [0.15, 0.2) is 0 Å². The number of primary amides is 1. The zero-order valence-corrected chi connectivity index (χ0v) is 17.0. The summed E-state index contributed by atoms with van der Waals surface area (Å²) in [5.74, 6) is -4.82. The Balaban J connectivity index is 5.42. The van der Waals surface area contributed by atoms with E-state index in [1.807, 2.05) is 0 Å². The molecule has 0 aromatic heterocycles. The molecule has 0 aromatic rings. The number of hydrogen-bond acceptors (Lipinski definition) is 7. The molecular formula is C16H29N5O6S. The summed E-state index contributed by atoms with van der Waals surface area (Å²) in [5, 5.41) is 16.1. The second-order valence-corrected chi connectivity index (χ2v) is 6.84. The minimum atomic E-state index is -1.32. The summed E-state index contributed by atoms with van der Waals surface area (Å²) in [7, 11) is 0. The van der Waals surface area contributed by atoms with Gasteiger partial charge in [0.1, 0.15) is 18.1 Å². The molecule has 28 heavy (non-hydrogen) atoms. The minimum Gasteiger partial charge on any atom is -0.480 e. The highest BCUT2D eigenvalue weighted by atomic mass is 32.1. The molecule has 11 nitrogen and oxygen atoms in total. The van der Waals surface area contributed by atoms with Crippen LogP contribution in [0.5, 0.6) is 0 Å². The lowest BCUT2D eigenvalue weighted by atomic mass is 9.97. The van der Waals surface area contributed by atoms with E-state index in [4.69, 9.17) is 16.6 Å². The van der Waals surface area contributed by atoms with E-state index in [0.717, 1.165) is 0 Å². The molecule has 4 amide bonds. The Labute approximate surface area is 168 Å². The quantitative estimate of drug-likeness (QED) is 0.173. The number of carbonyl (C=O) groups is 5. The van der Waals surface area contributed by atoms with Crippen molar-refractivity contribution in [1.29, 1.82) is 0 Å². The third-order valence-corrected chi connectivity index (χ3v) is 4.41. The number of amides is 4. The topological polar surface area (TPSA) is 194 Å². The van der Waals surface area contributed by atoms with Crippen molar-refractivity contribution in [2.45, 2.75) is 57.8 Å². The van der Waals surface area contributed by atoms with Gasteiger partial charge in [0.05, 0.1) is 12.5 Å². The predicted molar refractivity (Wildman–Crippen MR) is 104 cm³/mol. The number of nitrogens with one attached hydrogen (secondary N) is 3. The van der Waals surface area contributed by atoms with Gasteiger partial charge in [-0.25, -0.2) is 4.79 Å². The molecule has 12 heteroatoms. The molecule has 0 spiro atoms. The molecule has 0 fully saturated rings. The fourth-order valence-corrected chi connectivity index (χ4v) is 2.36. The number of rotatable bonds is 12. The summed E-state index contributed by atoms with van der Waals surface area (Å²) >= 11 is 3.88. The number of carboxylic acid groups (broad SMARTS) is 1. The van der Waals surface area contributed by atoms with Crippen molar-refractivity contribution in [2.24, 2.45) is 17.4 Å². The molecule has 0 saturated heterocycles. The smallest absolute Gasteiger partial charge is 0.327 e. The van der Waals surface area contributed by atoms with Crippen molar-refractivity contribution in [3.8, 4) is 0 Å². The molecule has 0 aliphatic heterocycles. The first-order valence-corrected chi connectivity index (χ1v) is 9.36. The third-order valence-electron chi connectivity index (χ3n) is 4.04. The number of thiol groups is 1. The standard InChI is InChI=1S/C16H29N5O6S/c1-4-7(2)12(15(25)20-10(6-28)16(26)27)21-14(24)9(5-11(18)22)19-13(23)8(3)17/h7-10,12,28H,4-6,17H2,1-3H3,(H2,18,22)(H,19,23)(H,20,25)(H,21,24)(H,26,27). The van der Waals surface area contributed by atoms with Crippen LogP contribution in [-0.4, -0.2) is 64.6 Å². The van der Waals surface area contributed by atoms with Crippen LogP contribution in [0.15, 0.2) is 0 Å². The van der Waals surface area contributed by atoms with E-state index in [0.29, 0.717) is 6.42 Å². The summed E-state index contributed by atoms with van der Waals surface area (Å²) in [4.78, 5) is 59.2. The predicted octanol–water partition coefficient (Wildman–Crippen LogP) is -2.28. The third kappa shape index (κ3) is 8.57. The van der Waals surface area contributed by atoms with Crippen LogP contribution in [0.4, 0.5) is 0 Å². The fourth-order valence-electron chi connectivity index (χ4n) is 2.12. The van der Waals surface area contributed by atoms with Crippen LogP contribution in [-0.2, 0) is 24.0 Å². The van der Waals surface area contributed by atoms with E-state index < -0.39 is 60.2 Å². The van der Waals surface area contributed by atoms with Gasteiger partial charge >= 0.3 is 5.97 Å². The Kier molecular flexibility index (Phi) is 11.2. The lowest BCUT2D eigenvalue weighted by Gasteiger charge is -2.27. The maximum Gasteiger partial charge on any atom is 0.327 e. The first kappa shape index (κ1) is 25.7. The Morgan fingerprint density at radius 3 is 1.89 bits per heavy atom. The highest BCUT2D eigenvalue weighted by molar-refractivity contribution is 7.80. The number of carboxylic acids is 1. The molecule has 0 aromatic carbocycles. The van der Waals surface area contributed by atoms with E-state index in [2.05, 4.69) is 28.6 Å². The monoisotopic (exact) mass is 419 g/mol. The van der Waals surface area contributed by atoms with Crippen molar-refractivity contribution in [3.05, 3.63) is 0 Å². The van der Waals surface area contributed by atoms with E-state index in [9.17, 15) is 24.0 Å². The number of carbonyl (C=O) groups excluding carboxylic acids is 4. The molecule has 0 aliphatic rings. The maximum atomic E-state index is 12.6. The van der Waals surface area contributed by atoms with Gasteiger partial charge in [0.2, 0.25) is 23.6 Å². The Bertz CT molecular complexity index is 600. The second-order valence-electron chi connectivity index (χ2n) is 6.47. The second kappa shape index (κ2) is 12.2. The van der Waals surface area contributed by atoms with Crippen molar-refractivity contribution < 1.29 is 29.1 Å². The van der Waals surface area contributed by atoms with Crippen LogP contribution in [0.3, 0.4) is 0 Å². The summed E-state index contributed by atoms with van der Waals surface area (Å²) < 4.78 is 0. The van der Waals surface area contributed by atoms with Gasteiger partial charge in [-0.15, -0.1) is 0 Å². The first-order chi connectivity index (χ1) is 12.9. The van der Waals surface area contributed by atoms with Gasteiger partial charge < -0.3 is 32.5 Å². The summed E-state index contributed by atoms with van der Waals surface area (Å²) in [6.45, 7) is 4.86. The highest BCUT2D eigenvalue weighted by Gasteiger charge is 2.32. The van der Waals surface area contributed by atoms with Crippen LogP contribution < -0.4 is 27.4 Å². The summed E-state index contributed by atoms with van der Waals surface area (Å²) in [5.41, 5.74) is 10.6. The average Bonchev–Trinajstić information content (AvgIpc) is 2.61. The Morgan fingerprint density at radius 2 is 1.50 bits per heavy atom. The lowest BCUT2D eigenvalue weighted by molar-refractivity contribution is -0.142. The van der Waals surface area contributed by atoms with Crippen molar-refractivity contribution in [2.75, 3.05) is 5.75 Å². The van der Waals surface area contributed by atoms with Crippen LogP contribution in [0.1, 0.15) is 33.6 Å². The molecule has 5 atom stereocenters. The molecule has 0 rings (SSSR count). The summed E-state index contributed by atoms with van der Waals surface area (Å²) in [6.07, 6.45) is -0.00279. The van der Waals surface area contributed by atoms with Crippen LogP contribution in [0.25, 0.3) is 0 Å². The largest absolute Gasteiger partial charge is 0.480 e.